The molecule has 0 saturated carbocycles. The zero-order valence-electron chi connectivity index (χ0n) is 18.8. The summed E-state index contributed by atoms with van der Waals surface area (Å²) >= 11 is 0. The van der Waals surface area contributed by atoms with Gasteiger partial charge in [0.15, 0.2) is 5.96 Å². The number of rotatable bonds is 12. The summed E-state index contributed by atoms with van der Waals surface area (Å²) < 4.78 is 5.38. The molecule has 2 N–H and O–H groups in total. The number of guanidine groups is 1. The fourth-order valence-electron chi connectivity index (χ4n) is 3.56. The number of anilines is 1. The number of unbranched alkanes of at least 4 members (excludes halogenated alkanes) is 1. The average molecular weight is 404 g/mol. The van der Waals surface area contributed by atoms with Crippen LogP contribution >= 0.6 is 0 Å². The Hall–Kier alpha value is -1.79. The summed E-state index contributed by atoms with van der Waals surface area (Å²) in [5, 5.41) is 6.77. The number of ether oxygens (including phenoxy) is 1. The van der Waals surface area contributed by atoms with Crippen molar-refractivity contribution in [1.82, 2.24) is 15.5 Å². The Morgan fingerprint density at radius 1 is 1.07 bits per heavy atom. The van der Waals surface area contributed by atoms with Gasteiger partial charge in [0.2, 0.25) is 0 Å². The van der Waals surface area contributed by atoms with Crippen LogP contribution in [0, 0.1) is 6.92 Å². The lowest BCUT2D eigenvalue weighted by molar-refractivity contribution is 0.143. The highest BCUT2D eigenvalue weighted by Gasteiger charge is 2.16. The molecule has 0 radical (unpaired) electrons. The minimum atomic E-state index is 0.804. The second kappa shape index (κ2) is 14.2. The molecule has 1 fully saturated rings. The zero-order chi connectivity index (χ0) is 20.7. The Kier molecular flexibility index (Phi) is 11.5. The summed E-state index contributed by atoms with van der Waals surface area (Å²) in [5.41, 5.74) is 2.69. The van der Waals surface area contributed by atoms with Crippen molar-refractivity contribution in [2.24, 2.45) is 4.99 Å². The molecular formula is C23H41N5O. The molecule has 0 spiro atoms. The van der Waals surface area contributed by atoms with Crippen molar-refractivity contribution >= 4 is 11.6 Å². The summed E-state index contributed by atoms with van der Waals surface area (Å²) in [6.07, 6.45) is 3.30. The van der Waals surface area contributed by atoms with Gasteiger partial charge in [-0.25, -0.2) is 0 Å². The summed E-state index contributed by atoms with van der Waals surface area (Å²) in [6.45, 7) is 16.3. The van der Waals surface area contributed by atoms with E-state index in [4.69, 9.17) is 9.73 Å². The normalized spacial score (nSPS) is 15.6. The van der Waals surface area contributed by atoms with Crippen LogP contribution in [-0.2, 0) is 4.74 Å². The molecule has 1 aromatic rings. The number of aryl methyl sites for hydroxylation is 1. The van der Waals surface area contributed by atoms with Crippen LogP contribution in [-0.4, -0.2) is 76.4 Å². The molecule has 0 aromatic heterocycles. The lowest BCUT2D eigenvalue weighted by Crippen LogP contribution is -2.46. The molecule has 0 amide bonds. The van der Waals surface area contributed by atoms with Crippen LogP contribution < -0.4 is 15.5 Å². The van der Waals surface area contributed by atoms with Gasteiger partial charge in [0.1, 0.15) is 0 Å². The SMILES string of the molecule is CCNC(=NCCCN1CCN(c2cccc(C)c2)CC1)NCCCCOCC. The van der Waals surface area contributed by atoms with Gasteiger partial charge in [0, 0.05) is 71.3 Å². The Morgan fingerprint density at radius 2 is 1.90 bits per heavy atom. The quantitative estimate of drug-likeness (QED) is 0.319. The molecule has 164 valence electrons. The van der Waals surface area contributed by atoms with Crippen molar-refractivity contribution in [3.63, 3.8) is 0 Å². The largest absolute Gasteiger partial charge is 0.382 e. The van der Waals surface area contributed by atoms with Crippen LogP contribution in [0.15, 0.2) is 29.3 Å². The first-order valence-corrected chi connectivity index (χ1v) is 11.4. The van der Waals surface area contributed by atoms with Crippen molar-refractivity contribution in [3.8, 4) is 0 Å². The van der Waals surface area contributed by atoms with Crippen LogP contribution in [0.5, 0.6) is 0 Å². The Bertz CT molecular complexity index is 584. The molecule has 0 atom stereocenters. The minimum Gasteiger partial charge on any atom is -0.382 e. The molecule has 0 bridgehead atoms. The number of hydrogen-bond donors (Lipinski definition) is 2. The van der Waals surface area contributed by atoms with E-state index in [-0.39, 0.29) is 0 Å². The fraction of sp³-hybridized carbons (Fsp3) is 0.696. The first kappa shape index (κ1) is 23.5. The van der Waals surface area contributed by atoms with E-state index in [1.54, 1.807) is 0 Å². The molecule has 1 heterocycles. The number of nitrogens with one attached hydrogen (secondary N) is 2. The van der Waals surface area contributed by atoms with Gasteiger partial charge in [-0.3, -0.25) is 9.89 Å². The van der Waals surface area contributed by atoms with Crippen LogP contribution in [0.2, 0.25) is 0 Å². The maximum Gasteiger partial charge on any atom is 0.191 e. The van der Waals surface area contributed by atoms with Crippen molar-refractivity contribution in [2.45, 2.75) is 40.0 Å². The fourth-order valence-corrected chi connectivity index (χ4v) is 3.56. The van der Waals surface area contributed by atoms with Gasteiger partial charge in [0.25, 0.3) is 0 Å². The molecule has 1 aromatic carbocycles. The molecule has 6 heteroatoms. The van der Waals surface area contributed by atoms with Gasteiger partial charge in [-0.1, -0.05) is 12.1 Å². The van der Waals surface area contributed by atoms with E-state index in [0.717, 1.165) is 90.8 Å². The first-order chi connectivity index (χ1) is 14.2. The Labute approximate surface area is 177 Å². The van der Waals surface area contributed by atoms with Gasteiger partial charge < -0.3 is 20.3 Å². The average Bonchev–Trinajstić information content (AvgIpc) is 2.74. The number of nitrogens with zero attached hydrogens (tertiary/aromatic N) is 3. The van der Waals surface area contributed by atoms with Crippen molar-refractivity contribution in [3.05, 3.63) is 29.8 Å². The monoisotopic (exact) mass is 403 g/mol. The third-order valence-corrected chi connectivity index (χ3v) is 5.20. The molecule has 0 unspecified atom stereocenters. The maximum absolute atomic E-state index is 5.38. The second-order valence-corrected chi connectivity index (χ2v) is 7.61. The number of hydrogen-bond acceptors (Lipinski definition) is 4. The standard InChI is InChI=1S/C23H41N5O/c1-4-24-23(25-12-6-7-19-29-5-2)26-13-9-14-27-15-17-28(18-16-27)22-11-8-10-21(3)20-22/h8,10-11,20H,4-7,9,12-19H2,1-3H3,(H2,24,25,26). The lowest BCUT2D eigenvalue weighted by Gasteiger charge is -2.36. The van der Waals surface area contributed by atoms with E-state index < -0.39 is 0 Å². The van der Waals surface area contributed by atoms with E-state index in [2.05, 4.69) is 58.5 Å². The highest BCUT2D eigenvalue weighted by Crippen LogP contribution is 2.17. The lowest BCUT2D eigenvalue weighted by atomic mass is 10.2. The summed E-state index contributed by atoms with van der Waals surface area (Å²) in [4.78, 5) is 9.80. The molecule has 1 aliphatic heterocycles. The Morgan fingerprint density at radius 3 is 2.62 bits per heavy atom. The van der Waals surface area contributed by atoms with Gasteiger partial charge in [-0.2, -0.15) is 0 Å². The predicted octanol–water partition coefficient (Wildman–Crippen LogP) is 2.88. The van der Waals surface area contributed by atoms with E-state index in [0.29, 0.717) is 0 Å². The van der Waals surface area contributed by atoms with Crippen LogP contribution in [0.3, 0.4) is 0 Å². The number of benzene rings is 1. The third-order valence-electron chi connectivity index (χ3n) is 5.20. The maximum atomic E-state index is 5.38. The van der Waals surface area contributed by atoms with Crippen LogP contribution in [0.25, 0.3) is 0 Å². The first-order valence-electron chi connectivity index (χ1n) is 11.4. The predicted molar refractivity (Wildman–Crippen MR) is 124 cm³/mol. The smallest absolute Gasteiger partial charge is 0.191 e. The number of piperazine rings is 1. The Balaban J connectivity index is 1.61. The molecular weight excluding hydrogens is 362 g/mol. The summed E-state index contributed by atoms with van der Waals surface area (Å²) in [5.74, 6) is 0.938. The number of aliphatic imine (C=N–C) groups is 1. The molecule has 2 rings (SSSR count). The highest BCUT2D eigenvalue weighted by atomic mass is 16.5. The molecule has 29 heavy (non-hydrogen) atoms. The van der Waals surface area contributed by atoms with E-state index in [1.165, 1.54) is 11.3 Å². The third kappa shape index (κ3) is 9.50. The summed E-state index contributed by atoms with van der Waals surface area (Å²) in [6, 6.07) is 8.83. The molecule has 1 aliphatic rings. The topological polar surface area (TPSA) is 52.1 Å². The van der Waals surface area contributed by atoms with Gasteiger partial charge in [-0.05, 0) is 57.7 Å². The van der Waals surface area contributed by atoms with Crippen LogP contribution in [0.1, 0.15) is 38.7 Å². The van der Waals surface area contributed by atoms with Crippen molar-refractivity contribution in [1.29, 1.82) is 0 Å². The van der Waals surface area contributed by atoms with Crippen molar-refractivity contribution in [2.75, 3.05) is 70.5 Å². The highest BCUT2D eigenvalue weighted by molar-refractivity contribution is 5.79. The van der Waals surface area contributed by atoms with E-state index in [9.17, 15) is 0 Å². The van der Waals surface area contributed by atoms with E-state index in [1.807, 2.05) is 6.92 Å². The van der Waals surface area contributed by atoms with Gasteiger partial charge >= 0.3 is 0 Å². The zero-order valence-corrected chi connectivity index (χ0v) is 18.8. The van der Waals surface area contributed by atoms with Gasteiger partial charge in [0.05, 0.1) is 0 Å². The van der Waals surface area contributed by atoms with E-state index >= 15 is 0 Å². The molecule has 6 nitrogen and oxygen atoms in total. The van der Waals surface area contributed by atoms with Gasteiger partial charge in [-0.15, -0.1) is 0 Å². The van der Waals surface area contributed by atoms with Crippen molar-refractivity contribution < 1.29 is 4.74 Å². The molecule has 0 aliphatic carbocycles. The minimum absolute atomic E-state index is 0.804. The second-order valence-electron chi connectivity index (χ2n) is 7.61. The summed E-state index contributed by atoms with van der Waals surface area (Å²) in [7, 11) is 0. The van der Waals surface area contributed by atoms with Crippen LogP contribution in [0.4, 0.5) is 5.69 Å². The molecule has 1 saturated heterocycles.